The Kier molecular flexibility index (Phi) is 5.10. The Labute approximate surface area is 158 Å². The van der Waals surface area contributed by atoms with Crippen LogP contribution in [0.15, 0.2) is 77.4 Å². The Morgan fingerprint density at radius 3 is 2.70 bits per heavy atom. The average Bonchev–Trinajstić information content (AvgIpc) is 3.38. The van der Waals surface area contributed by atoms with Gasteiger partial charge in [-0.05, 0) is 42.3 Å². The lowest BCUT2D eigenvalue weighted by Gasteiger charge is -2.29. The summed E-state index contributed by atoms with van der Waals surface area (Å²) in [7, 11) is 0. The number of hydrogen-bond acceptors (Lipinski definition) is 4. The molecular weight excluding hydrogens is 340 g/mol. The molecule has 0 saturated heterocycles. The van der Waals surface area contributed by atoms with Gasteiger partial charge in [-0.2, -0.15) is 0 Å². The monoisotopic (exact) mass is 362 g/mol. The summed E-state index contributed by atoms with van der Waals surface area (Å²) in [6.45, 7) is 1.35. The Balaban J connectivity index is 1.41. The second-order valence-corrected chi connectivity index (χ2v) is 6.51. The summed E-state index contributed by atoms with van der Waals surface area (Å²) in [6, 6.07) is 21.5. The second kappa shape index (κ2) is 7.99. The second-order valence-electron chi connectivity index (χ2n) is 6.51. The predicted octanol–water partition coefficient (Wildman–Crippen LogP) is 3.58. The van der Waals surface area contributed by atoms with Crippen LogP contribution in [0.1, 0.15) is 17.4 Å². The number of nitrogens with zero attached hydrogens (tertiary/aromatic N) is 1. The number of carbonyl (C=O) groups is 1. The lowest BCUT2D eigenvalue weighted by atomic mass is 10.1. The first-order chi connectivity index (χ1) is 13.3. The third-order valence-electron chi connectivity index (χ3n) is 4.78. The van der Waals surface area contributed by atoms with E-state index in [-0.39, 0.29) is 18.6 Å². The molecule has 1 N–H and O–H groups in total. The highest BCUT2D eigenvalue weighted by atomic mass is 16.5. The van der Waals surface area contributed by atoms with Gasteiger partial charge in [0, 0.05) is 18.8 Å². The Morgan fingerprint density at radius 1 is 1.07 bits per heavy atom. The molecule has 2 aromatic carbocycles. The molecule has 4 rings (SSSR count). The van der Waals surface area contributed by atoms with Gasteiger partial charge in [-0.1, -0.05) is 36.4 Å². The van der Waals surface area contributed by atoms with Crippen LogP contribution in [-0.2, 0) is 11.2 Å². The summed E-state index contributed by atoms with van der Waals surface area (Å²) in [5, 5.41) is 2.98. The minimum absolute atomic E-state index is 0.00846. The van der Waals surface area contributed by atoms with E-state index in [1.807, 2.05) is 48.5 Å². The van der Waals surface area contributed by atoms with Crippen molar-refractivity contribution in [3.63, 3.8) is 0 Å². The van der Waals surface area contributed by atoms with E-state index < -0.39 is 0 Å². The van der Waals surface area contributed by atoms with Gasteiger partial charge >= 0.3 is 0 Å². The van der Waals surface area contributed by atoms with Crippen LogP contribution in [0.3, 0.4) is 0 Å². The maximum atomic E-state index is 12.3. The van der Waals surface area contributed by atoms with Crippen LogP contribution in [0, 0.1) is 0 Å². The van der Waals surface area contributed by atoms with Crippen LogP contribution in [0.5, 0.6) is 5.75 Å². The summed E-state index contributed by atoms with van der Waals surface area (Å²) >= 11 is 0. The first kappa shape index (κ1) is 17.2. The van der Waals surface area contributed by atoms with Crippen molar-refractivity contribution in [1.82, 2.24) is 5.32 Å². The first-order valence-corrected chi connectivity index (χ1v) is 9.14. The molecule has 1 amide bonds. The van der Waals surface area contributed by atoms with Crippen molar-refractivity contribution in [3.05, 3.63) is 84.3 Å². The third kappa shape index (κ3) is 3.97. The van der Waals surface area contributed by atoms with Crippen molar-refractivity contribution < 1.29 is 13.9 Å². The van der Waals surface area contributed by atoms with Crippen molar-refractivity contribution in [2.45, 2.75) is 12.5 Å². The van der Waals surface area contributed by atoms with E-state index in [9.17, 15) is 4.79 Å². The van der Waals surface area contributed by atoms with Gasteiger partial charge in [-0.15, -0.1) is 0 Å². The zero-order chi connectivity index (χ0) is 18.5. The Morgan fingerprint density at radius 2 is 1.89 bits per heavy atom. The fourth-order valence-corrected chi connectivity index (χ4v) is 3.46. The lowest BCUT2D eigenvalue weighted by Crippen LogP contribution is -2.39. The number of ether oxygens (including phenoxy) is 1. The van der Waals surface area contributed by atoms with Gasteiger partial charge in [0.15, 0.2) is 6.61 Å². The number of amides is 1. The Hall–Kier alpha value is -3.21. The van der Waals surface area contributed by atoms with Crippen LogP contribution in [0.25, 0.3) is 0 Å². The molecule has 0 unspecified atom stereocenters. The molecule has 1 atom stereocenters. The normalized spacial score (nSPS) is 13.9. The van der Waals surface area contributed by atoms with E-state index >= 15 is 0 Å². The van der Waals surface area contributed by atoms with Gasteiger partial charge in [0.2, 0.25) is 0 Å². The average molecular weight is 362 g/mol. The molecular formula is C22H22N2O3. The fraction of sp³-hybridized carbons (Fsp3) is 0.227. The van der Waals surface area contributed by atoms with Crippen molar-refractivity contribution in [1.29, 1.82) is 0 Å². The van der Waals surface area contributed by atoms with Gasteiger partial charge in [0.1, 0.15) is 17.6 Å². The minimum Gasteiger partial charge on any atom is -0.484 e. The van der Waals surface area contributed by atoms with Gasteiger partial charge in [-0.3, -0.25) is 4.79 Å². The number of hydrogen-bond donors (Lipinski definition) is 1. The van der Waals surface area contributed by atoms with Crippen molar-refractivity contribution in [2.75, 3.05) is 24.6 Å². The number of para-hydroxylation sites is 2. The van der Waals surface area contributed by atoms with Crippen LogP contribution >= 0.6 is 0 Å². The van der Waals surface area contributed by atoms with Gasteiger partial charge < -0.3 is 19.4 Å². The number of fused-ring (bicyclic) bond motifs is 1. The zero-order valence-corrected chi connectivity index (χ0v) is 15.0. The molecule has 0 bridgehead atoms. The smallest absolute Gasteiger partial charge is 0.258 e. The Bertz CT molecular complexity index is 878. The van der Waals surface area contributed by atoms with Crippen LogP contribution in [0.2, 0.25) is 0 Å². The van der Waals surface area contributed by atoms with E-state index in [4.69, 9.17) is 9.15 Å². The number of nitrogens with one attached hydrogen (secondary N) is 1. The highest BCUT2D eigenvalue weighted by molar-refractivity contribution is 5.77. The van der Waals surface area contributed by atoms with Gasteiger partial charge in [-0.25, -0.2) is 0 Å². The number of anilines is 1. The third-order valence-corrected chi connectivity index (χ3v) is 4.78. The molecule has 1 aliphatic heterocycles. The van der Waals surface area contributed by atoms with Crippen LogP contribution < -0.4 is 15.0 Å². The van der Waals surface area contributed by atoms with Crippen LogP contribution in [-0.4, -0.2) is 25.6 Å². The first-order valence-electron chi connectivity index (χ1n) is 9.14. The molecule has 5 heteroatoms. The van der Waals surface area contributed by atoms with Crippen molar-refractivity contribution in [3.8, 4) is 5.75 Å². The molecule has 1 aromatic heterocycles. The van der Waals surface area contributed by atoms with Crippen molar-refractivity contribution in [2.24, 2.45) is 0 Å². The topological polar surface area (TPSA) is 54.7 Å². The molecule has 0 aliphatic carbocycles. The quantitative estimate of drug-likeness (QED) is 0.698. The molecule has 5 nitrogen and oxygen atoms in total. The highest BCUT2D eigenvalue weighted by Gasteiger charge is 2.29. The number of benzene rings is 2. The van der Waals surface area contributed by atoms with E-state index in [1.165, 1.54) is 11.3 Å². The summed E-state index contributed by atoms with van der Waals surface area (Å²) in [5.41, 5.74) is 2.53. The molecule has 0 spiro atoms. The maximum absolute atomic E-state index is 12.3. The van der Waals surface area contributed by atoms with Gasteiger partial charge in [0.05, 0.1) is 6.26 Å². The van der Waals surface area contributed by atoms with E-state index in [1.54, 1.807) is 6.26 Å². The summed E-state index contributed by atoms with van der Waals surface area (Å²) < 4.78 is 11.2. The minimum atomic E-state index is -0.150. The summed E-state index contributed by atoms with van der Waals surface area (Å²) in [4.78, 5) is 14.6. The van der Waals surface area contributed by atoms with Gasteiger partial charge in [0.25, 0.3) is 5.91 Å². The summed E-state index contributed by atoms with van der Waals surface area (Å²) in [6.07, 6.45) is 2.67. The van der Waals surface area contributed by atoms with Crippen molar-refractivity contribution >= 4 is 11.6 Å². The number of carbonyl (C=O) groups excluding carboxylic acids is 1. The number of rotatable bonds is 7. The number of furan rings is 1. The zero-order valence-electron chi connectivity index (χ0n) is 15.0. The van der Waals surface area contributed by atoms with E-state index in [0.29, 0.717) is 12.3 Å². The predicted molar refractivity (Wildman–Crippen MR) is 104 cm³/mol. The SMILES string of the molecule is O=C(COc1ccccc1)NC[C@@H](c1ccco1)N1CCc2ccccc21. The van der Waals surface area contributed by atoms with E-state index in [0.717, 1.165) is 18.7 Å². The molecule has 138 valence electrons. The molecule has 27 heavy (non-hydrogen) atoms. The molecule has 1 aliphatic rings. The maximum Gasteiger partial charge on any atom is 0.258 e. The highest BCUT2D eigenvalue weighted by Crippen LogP contribution is 2.34. The molecule has 3 aromatic rings. The molecule has 0 saturated carbocycles. The molecule has 2 heterocycles. The van der Waals surface area contributed by atoms with Crippen LogP contribution in [0.4, 0.5) is 5.69 Å². The fourth-order valence-electron chi connectivity index (χ4n) is 3.46. The molecule has 0 radical (unpaired) electrons. The standard InChI is InChI=1S/C22H22N2O3/c25-22(16-27-18-8-2-1-3-9-18)23-15-20(21-11-6-14-26-21)24-13-12-17-7-4-5-10-19(17)24/h1-11,14,20H,12-13,15-16H2,(H,23,25)/t20-/m0/s1. The lowest BCUT2D eigenvalue weighted by molar-refractivity contribution is -0.123. The summed E-state index contributed by atoms with van der Waals surface area (Å²) in [5.74, 6) is 1.38. The molecule has 0 fully saturated rings. The van der Waals surface area contributed by atoms with E-state index in [2.05, 4.69) is 28.4 Å². The largest absolute Gasteiger partial charge is 0.484 e.